The summed E-state index contributed by atoms with van der Waals surface area (Å²) in [5.74, 6) is 1.29. The Hall–Kier alpha value is -1.71. The number of carbonyl (C=O) groups excluding carboxylic acids is 1. The van der Waals surface area contributed by atoms with E-state index in [1.54, 1.807) is 12.1 Å². The Kier molecular flexibility index (Phi) is 2.26. The number of carbonyl (C=O) groups is 1. The van der Waals surface area contributed by atoms with E-state index >= 15 is 0 Å². The van der Waals surface area contributed by atoms with Crippen molar-refractivity contribution in [3.05, 3.63) is 18.2 Å². The molecule has 2 rings (SSSR count). The zero-order valence-corrected chi connectivity index (χ0v) is 7.87. The van der Waals surface area contributed by atoms with Gasteiger partial charge >= 0.3 is 0 Å². The first-order chi connectivity index (χ1) is 6.79. The number of fused-ring (bicyclic) bond motifs is 1. The summed E-state index contributed by atoms with van der Waals surface area (Å²) in [5.41, 5.74) is 0.673. The van der Waals surface area contributed by atoms with E-state index in [0.717, 1.165) is 5.75 Å². The second-order valence-corrected chi connectivity index (χ2v) is 2.93. The molecule has 1 aromatic rings. The van der Waals surface area contributed by atoms with Crippen molar-refractivity contribution in [2.24, 2.45) is 0 Å². The molecule has 0 saturated heterocycles. The third-order valence-electron chi connectivity index (χ3n) is 1.89. The normalized spacial score (nSPS) is 13.9. The van der Waals surface area contributed by atoms with Gasteiger partial charge in [0.25, 0.3) is 5.91 Å². The molecule has 0 saturated carbocycles. The predicted molar refractivity (Wildman–Crippen MR) is 51.7 cm³/mol. The van der Waals surface area contributed by atoms with Crippen LogP contribution in [-0.2, 0) is 4.79 Å². The van der Waals surface area contributed by atoms with Gasteiger partial charge in [0.1, 0.15) is 11.5 Å². The number of rotatable bonds is 2. The molecule has 0 aromatic heterocycles. The molecule has 1 aromatic carbocycles. The monoisotopic (exact) mass is 193 g/mol. The molecule has 1 amide bonds. The van der Waals surface area contributed by atoms with Crippen LogP contribution >= 0.6 is 0 Å². The highest BCUT2D eigenvalue weighted by Crippen LogP contribution is 2.31. The van der Waals surface area contributed by atoms with Gasteiger partial charge in [-0.1, -0.05) is 0 Å². The number of amides is 1. The largest absolute Gasteiger partial charge is 0.494 e. The number of hydrogen-bond donors (Lipinski definition) is 1. The Bertz CT molecular complexity index is 362. The molecule has 1 heterocycles. The lowest BCUT2D eigenvalue weighted by Gasteiger charge is -2.18. The molecule has 0 unspecified atom stereocenters. The summed E-state index contributed by atoms with van der Waals surface area (Å²) in [6.45, 7) is 2.60. The minimum absolute atomic E-state index is 0.0843. The molecule has 1 aliphatic heterocycles. The highest BCUT2D eigenvalue weighted by Gasteiger charge is 2.15. The van der Waals surface area contributed by atoms with Gasteiger partial charge in [0.2, 0.25) is 0 Å². The van der Waals surface area contributed by atoms with Gasteiger partial charge in [-0.25, -0.2) is 0 Å². The molecule has 0 fully saturated rings. The quantitative estimate of drug-likeness (QED) is 0.772. The maximum Gasteiger partial charge on any atom is 0.262 e. The van der Waals surface area contributed by atoms with E-state index in [0.29, 0.717) is 18.0 Å². The Morgan fingerprint density at radius 3 is 3.21 bits per heavy atom. The Balaban J connectivity index is 2.28. The topological polar surface area (TPSA) is 47.6 Å². The van der Waals surface area contributed by atoms with Gasteiger partial charge in [0.05, 0.1) is 12.3 Å². The number of hydrogen-bond acceptors (Lipinski definition) is 3. The van der Waals surface area contributed by atoms with Crippen molar-refractivity contribution in [3.63, 3.8) is 0 Å². The zero-order chi connectivity index (χ0) is 9.97. The fraction of sp³-hybridized carbons (Fsp3) is 0.300. The summed E-state index contributed by atoms with van der Waals surface area (Å²) < 4.78 is 10.5. The van der Waals surface area contributed by atoms with E-state index in [9.17, 15) is 4.79 Å². The lowest BCUT2D eigenvalue weighted by Crippen LogP contribution is -2.25. The summed E-state index contributed by atoms with van der Waals surface area (Å²) in [4.78, 5) is 11.0. The first kappa shape index (κ1) is 8.87. The van der Waals surface area contributed by atoms with Gasteiger partial charge in [0.15, 0.2) is 6.61 Å². The first-order valence-electron chi connectivity index (χ1n) is 4.49. The van der Waals surface area contributed by atoms with Crippen LogP contribution in [0.4, 0.5) is 5.69 Å². The Morgan fingerprint density at radius 1 is 1.57 bits per heavy atom. The van der Waals surface area contributed by atoms with Crippen molar-refractivity contribution in [3.8, 4) is 11.5 Å². The second-order valence-electron chi connectivity index (χ2n) is 2.93. The maximum absolute atomic E-state index is 11.0. The van der Waals surface area contributed by atoms with Crippen LogP contribution in [0.1, 0.15) is 6.92 Å². The van der Waals surface area contributed by atoms with Gasteiger partial charge in [-0.3, -0.25) is 4.79 Å². The van der Waals surface area contributed by atoms with Crippen LogP contribution in [0.25, 0.3) is 0 Å². The molecule has 0 atom stereocenters. The SMILES string of the molecule is CCOc1ccc2c(c1)NC(=O)CO2. The van der Waals surface area contributed by atoms with E-state index in [-0.39, 0.29) is 12.5 Å². The maximum atomic E-state index is 11.0. The molecule has 0 radical (unpaired) electrons. The van der Waals surface area contributed by atoms with E-state index < -0.39 is 0 Å². The molecule has 1 aliphatic rings. The van der Waals surface area contributed by atoms with Gasteiger partial charge < -0.3 is 14.8 Å². The van der Waals surface area contributed by atoms with Crippen molar-refractivity contribution >= 4 is 11.6 Å². The smallest absolute Gasteiger partial charge is 0.262 e. The molecular formula is C10H11NO3. The average molecular weight is 193 g/mol. The fourth-order valence-electron chi connectivity index (χ4n) is 1.32. The second kappa shape index (κ2) is 3.57. The van der Waals surface area contributed by atoms with Gasteiger partial charge in [0, 0.05) is 6.07 Å². The number of anilines is 1. The molecule has 0 bridgehead atoms. The van der Waals surface area contributed by atoms with Gasteiger partial charge in [-0.2, -0.15) is 0 Å². The van der Waals surface area contributed by atoms with Crippen LogP contribution in [0.3, 0.4) is 0 Å². The Morgan fingerprint density at radius 2 is 2.43 bits per heavy atom. The average Bonchev–Trinajstić information content (AvgIpc) is 2.17. The highest BCUT2D eigenvalue weighted by molar-refractivity contribution is 5.95. The van der Waals surface area contributed by atoms with Crippen molar-refractivity contribution in [1.82, 2.24) is 0 Å². The number of ether oxygens (including phenoxy) is 2. The van der Waals surface area contributed by atoms with Crippen molar-refractivity contribution < 1.29 is 14.3 Å². The van der Waals surface area contributed by atoms with Crippen LogP contribution in [0, 0.1) is 0 Å². The van der Waals surface area contributed by atoms with Crippen LogP contribution in [0.5, 0.6) is 11.5 Å². The van der Waals surface area contributed by atoms with Crippen LogP contribution in [-0.4, -0.2) is 19.1 Å². The summed E-state index contributed by atoms with van der Waals surface area (Å²) in [6, 6.07) is 5.37. The third-order valence-corrected chi connectivity index (χ3v) is 1.89. The molecule has 74 valence electrons. The van der Waals surface area contributed by atoms with Crippen molar-refractivity contribution in [2.45, 2.75) is 6.92 Å². The third kappa shape index (κ3) is 1.64. The van der Waals surface area contributed by atoms with E-state index in [1.165, 1.54) is 0 Å². The minimum Gasteiger partial charge on any atom is -0.494 e. The van der Waals surface area contributed by atoms with E-state index in [1.807, 2.05) is 13.0 Å². The zero-order valence-electron chi connectivity index (χ0n) is 7.87. The van der Waals surface area contributed by atoms with E-state index in [2.05, 4.69) is 5.32 Å². The molecule has 0 spiro atoms. The number of nitrogens with one attached hydrogen (secondary N) is 1. The summed E-state index contributed by atoms with van der Waals surface area (Å²) >= 11 is 0. The fourth-order valence-corrected chi connectivity index (χ4v) is 1.32. The molecule has 14 heavy (non-hydrogen) atoms. The molecule has 4 heteroatoms. The summed E-state index contributed by atoms with van der Waals surface area (Å²) in [6.07, 6.45) is 0. The van der Waals surface area contributed by atoms with Crippen molar-refractivity contribution in [1.29, 1.82) is 0 Å². The molecular weight excluding hydrogens is 182 g/mol. The minimum atomic E-state index is -0.133. The highest BCUT2D eigenvalue weighted by atomic mass is 16.5. The Labute approximate surface area is 81.8 Å². The predicted octanol–water partition coefficient (Wildman–Crippen LogP) is 1.42. The molecule has 1 N–H and O–H groups in total. The standard InChI is InChI=1S/C10H11NO3/c1-2-13-7-3-4-9-8(5-7)11-10(12)6-14-9/h3-5H,2,6H2,1H3,(H,11,12). The first-order valence-corrected chi connectivity index (χ1v) is 4.49. The summed E-state index contributed by atoms with van der Waals surface area (Å²) in [5, 5.41) is 2.71. The molecule has 0 aliphatic carbocycles. The van der Waals surface area contributed by atoms with Crippen molar-refractivity contribution in [2.75, 3.05) is 18.5 Å². The lowest BCUT2D eigenvalue weighted by atomic mass is 10.2. The number of benzene rings is 1. The van der Waals surface area contributed by atoms with Crippen LogP contribution in [0.2, 0.25) is 0 Å². The lowest BCUT2D eigenvalue weighted by molar-refractivity contribution is -0.118. The summed E-state index contributed by atoms with van der Waals surface area (Å²) in [7, 11) is 0. The van der Waals surface area contributed by atoms with Gasteiger partial charge in [-0.15, -0.1) is 0 Å². The molecule has 4 nitrogen and oxygen atoms in total. The van der Waals surface area contributed by atoms with Gasteiger partial charge in [-0.05, 0) is 19.1 Å². The van der Waals surface area contributed by atoms with Crippen LogP contribution < -0.4 is 14.8 Å². The van der Waals surface area contributed by atoms with Crippen LogP contribution in [0.15, 0.2) is 18.2 Å². The van der Waals surface area contributed by atoms with E-state index in [4.69, 9.17) is 9.47 Å².